The van der Waals surface area contributed by atoms with Crippen LogP contribution in [-0.4, -0.2) is 47.4 Å². The molecule has 0 aliphatic carbocycles. The van der Waals surface area contributed by atoms with E-state index in [1.165, 1.54) is 340 Å². The van der Waals surface area contributed by atoms with Gasteiger partial charge in [0.05, 0.1) is 25.4 Å². The van der Waals surface area contributed by atoms with Crippen LogP contribution in [0.15, 0.2) is 36.5 Å². The van der Waals surface area contributed by atoms with Crippen molar-refractivity contribution in [3.63, 3.8) is 0 Å². The fourth-order valence-electron chi connectivity index (χ4n) is 11.7. The topological polar surface area (TPSA) is 95.9 Å². The van der Waals surface area contributed by atoms with Crippen LogP contribution in [-0.2, 0) is 14.3 Å². The first-order valence-corrected chi connectivity index (χ1v) is 37.3. The fraction of sp³-hybridized carbons (Fsp3) is 0.895. The van der Waals surface area contributed by atoms with Gasteiger partial charge in [0.1, 0.15) is 0 Å². The standard InChI is InChI=1S/C76H145NO5/c1-3-5-7-9-11-13-15-16-17-18-41-44-47-50-54-58-62-66-70-76(81)82-71-67-63-59-55-51-48-45-42-39-37-35-33-31-29-27-25-23-21-19-20-22-24-26-28-30-32-34-36-38-40-43-46-49-53-57-61-65-69-75(80)77-73(72-78)74(79)68-64-60-56-52-14-12-10-8-6-4-2/h19,21,25,27,64,68,73-74,78-79H,3-18,20,22-24,26,28-63,65-67,69-72H2,1-2H3,(H,77,80)/b21-19-,27-25-,68-64+. The summed E-state index contributed by atoms with van der Waals surface area (Å²) in [6.45, 7) is 4.92. The Labute approximate surface area is 513 Å². The van der Waals surface area contributed by atoms with Crippen LogP contribution in [0.4, 0.5) is 0 Å². The van der Waals surface area contributed by atoms with Gasteiger partial charge in [0.15, 0.2) is 0 Å². The summed E-state index contributed by atoms with van der Waals surface area (Å²) in [7, 11) is 0. The third-order valence-corrected chi connectivity index (χ3v) is 17.4. The van der Waals surface area contributed by atoms with E-state index in [0.29, 0.717) is 19.4 Å². The average Bonchev–Trinajstić information content (AvgIpc) is 3.48. The molecule has 6 nitrogen and oxygen atoms in total. The zero-order chi connectivity index (χ0) is 59.2. The zero-order valence-corrected chi connectivity index (χ0v) is 55.5. The van der Waals surface area contributed by atoms with Crippen LogP contribution in [0.1, 0.15) is 412 Å². The molecule has 3 N–H and O–H groups in total. The van der Waals surface area contributed by atoms with Gasteiger partial charge in [-0.25, -0.2) is 0 Å². The van der Waals surface area contributed by atoms with Gasteiger partial charge in [-0.05, 0) is 64.2 Å². The number of unbranched alkanes of at least 4 members (excludes halogenated alkanes) is 55. The third-order valence-electron chi connectivity index (χ3n) is 17.4. The van der Waals surface area contributed by atoms with Gasteiger partial charge < -0.3 is 20.3 Å². The SMILES string of the molecule is CCCCCCCCCC/C=C/C(O)C(CO)NC(=O)CCCCCCCCCCCCCCCCCCC/C=C\C/C=C\CCCCCCCCCCCCCCCOC(=O)CCCCCCCCCCCCCCCCCCCC. The van der Waals surface area contributed by atoms with Crippen molar-refractivity contribution in [1.29, 1.82) is 0 Å². The van der Waals surface area contributed by atoms with E-state index < -0.39 is 12.1 Å². The Kier molecular flexibility index (Phi) is 69.9. The van der Waals surface area contributed by atoms with E-state index in [1.807, 2.05) is 6.08 Å². The molecule has 484 valence electrons. The van der Waals surface area contributed by atoms with Gasteiger partial charge in [-0.2, -0.15) is 0 Å². The Balaban J connectivity index is 3.33. The number of carbonyl (C=O) groups excluding carboxylic acids is 2. The van der Waals surface area contributed by atoms with E-state index in [2.05, 4.69) is 43.5 Å². The van der Waals surface area contributed by atoms with E-state index in [4.69, 9.17) is 4.74 Å². The summed E-state index contributed by atoms with van der Waals surface area (Å²) in [6, 6.07) is -0.624. The molecule has 0 aromatic rings. The Morgan fingerprint density at radius 1 is 0.341 bits per heavy atom. The van der Waals surface area contributed by atoms with Crippen molar-refractivity contribution >= 4 is 11.9 Å². The Hall–Kier alpha value is -1.92. The van der Waals surface area contributed by atoms with E-state index in [1.54, 1.807) is 6.08 Å². The summed E-state index contributed by atoms with van der Waals surface area (Å²) < 4.78 is 5.51. The molecule has 2 unspecified atom stereocenters. The minimum atomic E-state index is -0.841. The number of carbonyl (C=O) groups is 2. The van der Waals surface area contributed by atoms with Crippen molar-refractivity contribution in [2.75, 3.05) is 13.2 Å². The fourth-order valence-corrected chi connectivity index (χ4v) is 11.7. The molecule has 0 bridgehead atoms. The van der Waals surface area contributed by atoms with Crippen molar-refractivity contribution in [2.24, 2.45) is 0 Å². The minimum Gasteiger partial charge on any atom is -0.466 e. The predicted molar refractivity (Wildman–Crippen MR) is 361 cm³/mol. The first-order chi connectivity index (χ1) is 40.5. The Bertz CT molecular complexity index is 1330. The van der Waals surface area contributed by atoms with Crippen molar-refractivity contribution in [2.45, 2.75) is 424 Å². The third kappa shape index (κ3) is 67.2. The lowest BCUT2D eigenvalue weighted by Crippen LogP contribution is -2.45. The predicted octanol–water partition coefficient (Wildman–Crippen LogP) is 24.3. The smallest absolute Gasteiger partial charge is 0.305 e. The van der Waals surface area contributed by atoms with Gasteiger partial charge in [0.25, 0.3) is 0 Å². The summed E-state index contributed by atoms with van der Waals surface area (Å²) in [6.07, 6.45) is 92.7. The maximum absolute atomic E-state index is 12.4. The largest absolute Gasteiger partial charge is 0.466 e. The van der Waals surface area contributed by atoms with E-state index in [9.17, 15) is 19.8 Å². The highest BCUT2D eigenvalue weighted by Gasteiger charge is 2.18. The second kappa shape index (κ2) is 71.6. The van der Waals surface area contributed by atoms with E-state index >= 15 is 0 Å². The molecule has 0 aromatic heterocycles. The van der Waals surface area contributed by atoms with Crippen LogP contribution in [0.3, 0.4) is 0 Å². The van der Waals surface area contributed by atoms with E-state index in [0.717, 1.165) is 44.9 Å². The number of aliphatic hydroxyl groups excluding tert-OH is 2. The monoisotopic (exact) mass is 1150 g/mol. The second-order valence-electron chi connectivity index (χ2n) is 25.6. The molecule has 6 heteroatoms. The quantitative estimate of drug-likeness (QED) is 0.0320. The van der Waals surface area contributed by atoms with E-state index in [-0.39, 0.29) is 18.5 Å². The van der Waals surface area contributed by atoms with Gasteiger partial charge >= 0.3 is 5.97 Å². The first-order valence-electron chi connectivity index (χ1n) is 37.3. The molecule has 0 saturated carbocycles. The van der Waals surface area contributed by atoms with Crippen LogP contribution in [0.5, 0.6) is 0 Å². The van der Waals surface area contributed by atoms with Crippen molar-refractivity contribution in [3.05, 3.63) is 36.5 Å². The molecule has 0 radical (unpaired) electrons. The highest BCUT2D eigenvalue weighted by molar-refractivity contribution is 5.76. The number of hydrogen-bond donors (Lipinski definition) is 3. The number of nitrogens with one attached hydrogen (secondary N) is 1. The molecule has 0 heterocycles. The van der Waals surface area contributed by atoms with Crippen LogP contribution in [0, 0.1) is 0 Å². The minimum absolute atomic E-state index is 0.0235. The van der Waals surface area contributed by atoms with Crippen LogP contribution < -0.4 is 5.32 Å². The number of allylic oxidation sites excluding steroid dienone is 5. The molecule has 1 amide bonds. The maximum Gasteiger partial charge on any atom is 0.305 e. The van der Waals surface area contributed by atoms with Gasteiger partial charge in [0, 0.05) is 12.8 Å². The number of amides is 1. The molecular weight excluding hydrogens is 1010 g/mol. The lowest BCUT2D eigenvalue weighted by atomic mass is 10.0. The highest BCUT2D eigenvalue weighted by Crippen LogP contribution is 2.19. The molecule has 0 rings (SSSR count). The number of hydrogen-bond acceptors (Lipinski definition) is 5. The second-order valence-corrected chi connectivity index (χ2v) is 25.6. The number of aliphatic hydroxyl groups is 2. The molecule has 82 heavy (non-hydrogen) atoms. The number of esters is 1. The molecule has 0 saturated heterocycles. The van der Waals surface area contributed by atoms with Crippen LogP contribution >= 0.6 is 0 Å². The summed E-state index contributed by atoms with van der Waals surface area (Å²) >= 11 is 0. The molecule has 0 spiro atoms. The normalized spacial score (nSPS) is 12.7. The van der Waals surface area contributed by atoms with Crippen LogP contribution in [0.2, 0.25) is 0 Å². The van der Waals surface area contributed by atoms with Gasteiger partial charge in [-0.1, -0.05) is 371 Å². The number of ether oxygens (including phenoxy) is 1. The summed E-state index contributed by atoms with van der Waals surface area (Å²) in [4.78, 5) is 24.5. The summed E-state index contributed by atoms with van der Waals surface area (Å²) in [5, 5.41) is 23.0. The van der Waals surface area contributed by atoms with Gasteiger partial charge in [-0.15, -0.1) is 0 Å². The number of rotatable bonds is 70. The molecule has 0 aliphatic heterocycles. The summed E-state index contributed by atoms with van der Waals surface area (Å²) in [5.74, 6) is -0.0423. The van der Waals surface area contributed by atoms with Gasteiger partial charge in [0.2, 0.25) is 5.91 Å². The zero-order valence-electron chi connectivity index (χ0n) is 55.5. The molecular formula is C76H145NO5. The Morgan fingerprint density at radius 2 is 0.610 bits per heavy atom. The highest BCUT2D eigenvalue weighted by atomic mass is 16.5. The lowest BCUT2D eigenvalue weighted by Gasteiger charge is -2.20. The lowest BCUT2D eigenvalue weighted by molar-refractivity contribution is -0.143. The van der Waals surface area contributed by atoms with Crippen molar-refractivity contribution < 1.29 is 24.5 Å². The van der Waals surface area contributed by atoms with Crippen molar-refractivity contribution in [1.82, 2.24) is 5.32 Å². The molecule has 0 aromatic carbocycles. The van der Waals surface area contributed by atoms with Crippen molar-refractivity contribution in [3.8, 4) is 0 Å². The summed E-state index contributed by atoms with van der Waals surface area (Å²) in [5.41, 5.74) is 0. The molecule has 0 fully saturated rings. The van der Waals surface area contributed by atoms with Gasteiger partial charge in [-0.3, -0.25) is 9.59 Å². The average molecular weight is 1150 g/mol. The van der Waals surface area contributed by atoms with Crippen LogP contribution in [0.25, 0.3) is 0 Å². The maximum atomic E-state index is 12.4. The first kappa shape index (κ1) is 80.1. The molecule has 2 atom stereocenters. The Morgan fingerprint density at radius 3 is 0.927 bits per heavy atom. The molecule has 0 aliphatic rings.